The van der Waals surface area contributed by atoms with Crippen LogP contribution in [0.4, 0.5) is 13.2 Å². The van der Waals surface area contributed by atoms with Crippen molar-refractivity contribution in [1.82, 2.24) is 10.1 Å². The molecule has 15 heavy (non-hydrogen) atoms. The van der Waals surface area contributed by atoms with Crippen molar-refractivity contribution >= 4 is 5.78 Å². The highest BCUT2D eigenvalue weighted by molar-refractivity contribution is 5.85. The summed E-state index contributed by atoms with van der Waals surface area (Å²) in [7, 11) is 0. The van der Waals surface area contributed by atoms with Gasteiger partial charge in [-0.1, -0.05) is 5.16 Å². The standard InChI is InChI=1S/C8H7F3N2O2/c9-8(10,11)5(14)3-6-12-7(13-15-6)4-1-2-4/h4H,1-3H2. The second-order valence-corrected chi connectivity index (χ2v) is 3.42. The quantitative estimate of drug-likeness (QED) is 0.776. The van der Waals surface area contributed by atoms with E-state index in [0.717, 1.165) is 12.8 Å². The van der Waals surface area contributed by atoms with Gasteiger partial charge in [-0.05, 0) is 12.8 Å². The zero-order valence-electron chi connectivity index (χ0n) is 7.54. The third-order valence-corrected chi connectivity index (χ3v) is 2.05. The SMILES string of the molecule is O=C(Cc1nc(C2CC2)no1)C(F)(F)F. The Labute approximate surface area is 82.5 Å². The van der Waals surface area contributed by atoms with Gasteiger partial charge in [-0.15, -0.1) is 0 Å². The van der Waals surface area contributed by atoms with Crippen LogP contribution in [-0.2, 0) is 11.2 Å². The third kappa shape index (κ3) is 2.34. The summed E-state index contributed by atoms with van der Waals surface area (Å²) < 4.78 is 40.2. The highest BCUT2D eigenvalue weighted by atomic mass is 19.4. The molecule has 2 rings (SSSR count). The lowest BCUT2D eigenvalue weighted by atomic mass is 10.3. The Morgan fingerprint density at radius 2 is 2.13 bits per heavy atom. The second kappa shape index (κ2) is 3.32. The first-order valence-corrected chi connectivity index (χ1v) is 4.39. The van der Waals surface area contributed by atoms with Crippen molar-refractivity contribution in [3.63, 3.8) is 0 Å². The van der Waals surface area contributed by atoms with Gasteiger partial charge in [0.05, 0.1) is 6.42 Å². The average Bonchev–Trinajstić information content (AvgIpc) is 2.87. The van der Waals surface area contributed by atoms with Gasteiger partial charge in [0.1, 0.15) is 0 Å². The molecule has 0 aliphatic heterocycles. The number of halogens is 3. The molecule has 0 saturated heterocycles. The summed E-state index contributed by atoms with van der Waals surface area (Å²) in [5.41, 5.74) is 0. The Morgan fingerprint density at radius 3 is 2.67 bits per heavy atom. The molecule has 1 aromatic heterocycles. The first kappa shape index (κ1) is 10.1. The van der Waals surface area contributed by atoms with Crippen LogP contribution in [0.3, 0.4) is 0 Å². The molecule has 0 spiro atoms. The van der Waals surface area contributed by atoms with Gasteiger partial charge in [0.15, 0.2) is 5.82 Å². The van der Waals surface area contributed by atoms with Crippen molar-refractivity contribution in [2.75, 3.05) is 0 Å². The number of alkyl halides is 3. The molecule has 0 aromatic carbocycles. The Balaban J connectivity index is 2.01. The molecule has 1 heterocycles. The zero-order chi connectivity index (χ0) is 11.1. The molecule has 0 N–H and O–H groups in total. The van der Waals surface area contributed by atoms with Crippen molar-refractivity contribution in [3.8, 4) is 0 Å². The lowest BCUT2D eigenvalue weighted by Gasteiger charge is -2.00. The molecule has 0 radical (unpaired) electrons. The monoisotopic (exact) mass is 220 g/mol. The average molecular weight is 220 g/mol. The largest absolute Gasteiger partial charge is 0.450 e. The number of Topliss-reactive ketones (excluding diaryl/α,β-unsaturated/α-hetero) is 1. The van der Waals surface area contributed by atoms with Gasteiger partial charge in [0.25, 0.3) is 0 Å². The van der Waals surface area contributed by atoms with E-state index < -0.39 is 18.4 Å². The number of carbonyl (C=O) groups is 1. The number of nitrogens with zero attached hydrogens (tertiary/aromatic N) is 2. The Bertz CT molecular complexity index is 381. The van der Waals surface area contributed by atoms with Crippen LogP contribution in [0.25, 0.3) is 0 Å². The topological polar surface area (TPSA) is 56.0 Å². The van der Waals surface area contributed by atoms with Gasteiger partial charge in [-0.2, -0.15) is 18.2 Å². The molecule has 0 bridgehead atoms. The second-order valence-electron chi connectivity index (χ2n) is 3.42. The van der Waals surface area contributed by atoms with Crippen LogP contribution >= 0.6 is 0 Å². The molecule has 0 atom stereocenters. The van der Waals surface area contributed by atoms with Gasteiger partial charge >= 0.3 is 6.18 Å². The van der Waals surface area contributed by atoms with E-state index in [-0.39, 0.29) is 11.8 Å². The van der Waals surface area contributed by atoms with Crippen molar-refractivity contribution in [3.05, 3.63) is 11.7 Å². The predicted molar refractivity (Wildman–Crippen MR) is 41.0 cm³/mol. The molecule has 1 aliphatic rings. The first-order valence-electron chi connectivity index (χ1n) is 4.39. The lowest BCUT2D eigenvalue weighted by molar-refractivity contribution is -0.170. The molecule has 1 saturated carbocycles. The molecule has 1 aromatic rings. The van der Waals surface area contributed by atoms with E-state index in [9.17, 15) is 18.0 Å². The fraction of sp³-hybridized carbons (Fsp3) is 0.625. The van der Waals surface area contributed by atoms with E-state index in [1.807, 2.05) is 0 Å². The normalized spacial score (nSPS) is 16.7. The van der Waals surface area contributed by atoms with Gasteiger partial charge < -0.3 is 4.52 Å². The molecule has 7 heteroatoms. The van der Waals surface area contributed by atoms with E-state index in [2.05, 4.69) is 14.7 Å². The van der Waals surface area contributed by atoms with Crippen LogP contribution in [-0.4, -0.2) is 22.1 Å². The Kier molecular flexibility index (Phi) is 2.24. The van der Waals surface area contributed by atoms with Gasteiger partial charge in [-0.3, -0.25) is 4.79 Å². The molecule has 4 nitrogen and oxygen atoms in total. The highest BCUT2D eigenvalue weighted by Gasteiger charge is 2.39. The van der Waals surface area contributed by atoms with E-state index in [4.69, 9.17) is 0 Å². The van der Waals surface area contributed by atoms with Crippen LogP contribution in [0.5, 0.6) is 0 Å². The molecular formula is C8H7F3N2O2. The maximum Gasteiger partial charge on any atom is 0.450 e. The fourth-order valence-corrected chi connectivity index (χ4v) is 1.08. The number of carbonyl (C=O) groups excluding carboxylic acids is 1. The molecule has 1 fully saturated rings. The number of hydrogen-bond donors (Lipinski definition) is 0. The zero-order valence-corrected chi connectivity index (χ0v) is 7.54. The smallest absolute Gasteiger partial charge is 0.339 e. The number of aromatic nitrogens is 2. The van der Waals surface area contributed by atoms with Gasteiger partial charge in [0, 0.05) is 5.92 Å². The maximum absolute atomic E-state index is 11.9. The lowest BCUT2D eigenvalue weighted by Crippen LogP contribution is -2.24. The molecule has 82 valence electrons. The minimum absolute atomic E-state index is 0.198. The van der Waals surface area contributed by atoms with Crippen molar-refractivity contribution < 1.29 is 22.5 Å². The summed E-state index contributed by atoms with van der Waals surface area (Å²) in [6.45, 7) is 0. The number of hydrogen-bond acceptors (Lipinski definition) is 4. The van der Waals surface area contributed by atoms with Gasteiger partial charge in [0.2, 0.25) is 11.7 Å². The minimum Gasteiger partial charge on any atom is -0.339 e. The van der Waals surface area contributed by atoms with Crippen molar-refractivity contribution in [2.45, 2.75) is 31.4 Å². The number of rotatable bonds is 3. The maximum atomic E-state index is 11.9. The van der Waals surface area contributed by atoms with Crippen LogP contribution in [0.2, 0.25) is 0 Å². The summed E-state index contributed by atoms with van der Waals surface area (Å²) in [5, 5.41) is 3.51. The molecule has 0 amide bonds. The molecule has 1 aliphatic carbocycles. The fourth-order valence-electron chi connectivity index (χ4n) is 1.08. The molecule has 0 unspecified atom stereocenters. The third-order valence-electron chi connectivity index (χ3n) is 2.05. The summed E-state index contributed by atoms with van der Waals surface area (Å²) in [6, 6.07) is 0. The van der Waals surface area contributed by atoms with Gasteiger partial charge in [-0.25, -0.2) is 0 Å². The molecular weight excluding hydrogens is 213 g/mol. The Morgan fingerprint density at radius 1 is 1.47 bits per heavy atom. The highest BCUT2D eigenvalue weighted by Crippen LogP contribution is 2.38. The van der Waals surface area contributed by atoms with Crippen LogP contribution in [0, 0.1) is 0 Å². The van der Waals surface area contributed by atoms with E-state index in [1.54, 1.807) is 0 Å². The predicted octanol–water partition coefficient (Wildman–Crippen LogP) is 1.62. The summed E-state index contributed by atoms with van der Waals surface area (Å²) in [6.07, 6.45) is -3.87. The van der Waals surface area contributed by atoms with Crippen LogP contribution < -0.4 is 0 Å². The summed E-state index contributed by atoms with van der Waals surface area (Å²) in [5.74, 6) is -1.53. The Hall–Kier alpha value is -1.40. The summed E-state index contributed by atoms with van der Waals surface area (Å²) >= 11 is 0. The van der Waals surface area contributed by atoms with Crippen LogP contribution in [0.1, 0.15) is 30.5 Å². The van der Waals surface area contributed by atoms with Crippen molar-refractivity contribution in [1.29, 1.82) is 0 Å². The van der Waals surface area contributed by atoms with Crippen LogP contribution in [0.15, 0.2) is 4.52 Å². The summed E-state index contributed by atoms with van der Waals surface area (Å²) in [4.78, 5) is 14.3. The van der Waals surface area contributed by atoms with E-state index >= 15 is 0 Å². The number of ketones is 1. The van der Waals surface area contributed by atoms with Crippen molar-refractivity contribution in [2.24, 2.45) is 0 Å². The van der Waals surface area contributed by atoms with E-state index in [1.165, 1.54) is 0 Å². The minimum atomic E-state index is -4.84. The first-order chi connectivity index (χ1) is 6.97. The van der Waals surface area contributed by atoms with E-state index in [0.29, 0.717) is 5.82 Å².